The van der Waals surface area contributed by atoms with Crippen LogP contribution in [-0.2, 0) is 14.3 Å². The summed E-state index contributed by atoms with van der Waals surface area (Å²) >= 11 is 0. The Bertz CT molecular complexity index is 589. The van der Waals surface area contributed by atoms with Crippen molar-refractivity contribution in [1.82, 2.24) is 0 Å². The molecule has 1 heterocycles. The van der Waals surface area contributed by atoms with Gasteiger partial charge >= 0.3 is 5.97 Å². The van der Waals surface area contributed by atoms with Gasteiger partial charge < -0.3 is 29.9 Å². The smallest absolute Gasteiger partial charge is 0.371 e. The van der Waals surface area contributed by atoms with Crippen molar-refractivity contribution in [3.63, 3.8) is 0 Å². The number of carboxylic acids is 1. The molecule has 4 N–H and O–H groups in total. The highest BCUT2D eigenvalue weighted by atomic mass is 19.1. The third-order valence-corrected chi connectivity index (χ3v) is 3.33. The highest BCUT2D eigenvalue weighted by Crippen LogP contribution is 2.23. The molecule has 0 bridgehead atoms. The molecule has 1 saturated heterocycles. The van der Waals surface area contributed by atoms with Gasteiger partial charge in [0.2, 0.25) is 12.0 Å². The number of ether oxygens (including phenoxy) is 2. The molecule has 0 aromatic heterocycles. The fraction of sp³-hybridized carbons (Fsp3) is 0.400. The molecule has 0 spiro atoms. The fourth-order valence-corrected chi connectivity index (χ4v) is 2.18. The topological polar surface area (TPSA) is 116 Å². The van der Waals surface area contributed by atoms with E-state index in [1.165, 1.54) is 18.2 Å². The summed E-state index contributed by atoms with van der Waals surface area (Å²) in [5.74, 6) is -2.45. The highest BCUT2D eigenvalue weighted by molar-refractivity contribution is 5.89. The number of aliphatic carboxylic acids is 1. The second-order valence-electron chi connectivity index (χ2n) is 5.07. The molecule has 4 atom stereocenters. The number of benzene rings is 1. The van der Waals surface area contributed by atoms with Crippen LogP contribution in [0.2, 0.25) is 0 Å². The Hall–Kier alpha value is -2.00. The van der Waals surface area contributed by atoms with Crippen LogP contribution in [0, 0.1) is 5.82 Å². The Balaban J connectivity index is 2.15. The van der Waals surface area contributed by atoms with Crippen LogP contribution in [0.5, 0.6) is 0 Å². The number of hydrogen-bond donors (Lipinski definition) is 4. The molecule has 126 valence electrons. The summed E-state index contributed by atoms with van der Waals surface area (Å²) < 4.78 is 23.5. The lowest BCUT2D eigenvalue weighted by Gasteiger charge is -2.36. The highest BCUT2D eigenvalue weighted by Gasteiger charge is 2.38. The molecular formula is C15H17FO7. The van der Waals surface area contributed by atoms with Crippen LogP contribution >= 0.6 is 0 Å². The first-order chi connectivity index (χ1) is 10.9. The maximum Gasteiger partial charge on any atom is 0.371 e. The van der Waals surface area contributed by atoms with Crippen LogP contribution < -0.4 is 0 Å². The number of hydrogen-bond acceptors (Lipinski definition) is 6. The van der Waals surface area contributed by atoms with Crippen molar-refractivity contribution in [2.24, 2.45) is 0 Å². The Morgan fingerprint density at radius 2 is 2.17 bits per heavy atom. The lowest BCUT2D eigenvalue weighted by Crippen LogP contribution is -2.50. The first kappa shape index (κ1) is 17.4. The van der Waals surface area contributed by atoms with Crippen molar-refractivity contribution in [2.75, 3.05) is 6.61 Å². The van der Waals surface area contributed by atoms with E-state index >= 15 is 0 Å². The lowest BCUT2D eigenvalue weighted by molar-refractivity contribution is -0.246. The van der Waals surface area contributed by atoms with Crippen molar-refractivity contribution < 1.29 is 39.1 Å². The largest absolute Gasteiger partial charge is 0.475 e. The van der Waals surface area contributed by atoms with Gasteiger partial charge in [0.25, 0.3) is 0 Å². The van der Waals surface area contributed by atoms with E-state index in [9.17, 15) is 24.5 Å². The van der Waals surface area contributed by atoms with Gasteiger partial charge in [-0.1, -0.05) is 12.1 Å². The summed E-state index contributed by atoms with van der Waals surface area (Å²) in [6, 6.07) is 5.25. The summed E-state index contributed by atoms with van der Waals surface area (Å²) in [6.07, 6.45) is -3.84. The number of rotatable bonds is 5. The SMILES string of the molecule is O=C(O)/C(=C/c1cccc(F)c1)OC1CC(O)C(O)C(CO)O1. The van der Waals surface area contributed by atoms with Gasteiger partial charge in [0.1, 0.15) is 18.0 Å². The summed E-state index contributed by atoms with van der Waals surface area (Å²) in [6.45, 7) is -0.561. The minimum absolute atomic E-state index is 0.175. The van der Waals surface area contributed by atoms with E-state index in [1.54, 1.807) is 0 Å². The molecule has 0 aliphatic carbocycles. The second-order valence-corrected chi connectivity index (χ2v) is 5.07. The zero-order valence-corrected chi connectivity index (χ0v) is 12.0. The van der Waals surface area contributed by atoms with E-state index < -0.39 is 48.8 Å². The van der Waals surface area contributed by atoms with Crippen LogP contribution in [0.3, 0.4) is 0 Å². The first-order valence-corrected chi connectivity index (χ1v) is 6.90. The van der Waals surface area contributed by atoms with E-state index in [4.69, 9.17) is 14.6 Å². The molecule has 0 amide bonds. The van der Waals surface area contributed by atoms with Gasteiger partial charge in [0.05, 0.1) is 12.7 Å². The Morgan fingerprint density at radius 1 is 1.43 bits per heavy atom. The third-order valence-electron chi connectivity index (χ3n) is 3.33. The van der Waals surface area contributed by atoms with Crippen molar-refractivity contribution in [1.29, 1.82) is 0 Å². The predicted molar refractivity (Wildman–Crippen MR) is 75.5 cm³/mol. The average molecular weight is 328 g/mol. The van der Waals surface area contributed by atoms with Gasteiger partial charge in [-0.3, -0.25) is 0 Å². The van der Waals surface area contributed by atoms with Crippen LogP contribution in [0.25, 0.3) is 6.08 Å². The molecule has 1 fully saturated rings. The van der Waals surface area contributed by atoms with Gasteiger partial charge in [-0.2, -0.15) is 0 Å². The number of halogens is 1. The number of aliphatic hydroxyl groups excluding tert-OH is 3. The Morgan fingerprint density at radius 3 is 2.78 bits per heavy atom. The van der Waals surface area contributed by atoms with Crippen LogP contribution in [0.15, 0.2) is 30.0 Å². The predicted octanol–water partition coefficient (Wildman–Crippen LogP) is 0.0969. The van der Waals surface area contributed by atoms with Crippen molar-refractivity contribution in [2.45, 2.75) is 31.0 Å². The molecule has 1 aromatic carbocycles. The zero-order valence-electron chi connectivity index (χ0n) is 12.0. The third kappa shape index (κ3) is 4.49. The molecule has 0 radical (unpaired) electrons. The Labute approximate surface area is 131 Å². The lowest BCUT2D eigenvalue weighted by atomic mass is 10.0. The second kappa shape index (κ2) is 7.51. The van der Waals surface area contributed by atoms with Gasteiger partial charge in [0.15, 0.2) is 0 Å². The van der Waals surface area contributed by atoms with Crippen LogP contribution in [0.1, 0.15) is 12.0 Å². The molecule has 23 heavy (non-hydrogen) atoms. The van der Waals surface area contributed by atoms with E-state index in [2.05, 4.69) is 0 Å². The summed E-state index contributed by atoms with van der Waals surface area (Å²) in [5, 5.41) is 37.5. The van der Waals surface area contributed by atoms with E-state index in [-0.39, 0.29) is 12.0 Å². The fourth-order valence-electron chi connectivity index (χ4n) is 2.18. The molecule has 2 rings (SSSR count). The van der Waals surface area contributed by atoms with Crippen LogP contribution in [0.4, 0.5) is 4.39 Å². The molecular weight excluding hydrogens is 311 g/mol. The molecule has 1 aliphatic heterocycles. The van der Waals surface area contributed by atoms with E-state index in [1.807, 2.05) is 0 Å². The van der Waals surface area contributed by atoms with E-state index in [0.29, 0.717) is 0 Å². The summed E-state index contributed by atoms with van der Waals surface area (Å²) in [7, 11) is 0. The van der Waals surface area contributed by atoms with Gasteiger partial charge in [0, 0.05) is 6.42 Å². The Kier molecular flexibility index (Phi) is 5.67. The summed E-state index contributed by atoms with van der Waals surface area (Å²) in [5.41, 5.74) is 0.275. The molecule has 8 heteroatoms. The van der Waals surface area contributed by atoms with Crippen molar-refractivity contribution >= 4 is 12.0 Å². The van der Waals surface area contributed by atoms with E-state index in [0.717, 1.165) is 12.1 Å². The number of carboxylic acid groups (broad SMARTS) is 1. The number of carbonyl (C=O) groups is 1. The molecule has 0 saturated carbocycles. The van der Waals surface area contributed by atoms with Crippen molar-refractivity contribution in [3.05, 3.63) is 41.4 Å². The monoisotopic (exact) mass is 328 g/mol. The molecule has 4 unspecified atom stereocenters. The van der Waals surface area contributed by atoms with Gasteiger partial charge in [-0.25, -0.2) is 9.18 Å². The normalized spacial score (nSPS) is 28.4. The zero-order chi connectivity index (χ0) is 17.0. The molecule has 1 aromatic rings. The maximum absolute atomic E-state index is 13.1. The van der Waals surface area contributed by atoms with Crippen molar-refractivity contribution in [3.8, 4) is 0 Å². The number of aliphatic hydroxyl groups is 3. The first-order valence-electron chi connectivity index (χ1n) is 6.90. The van der Waals surface area contributed by atoms with Gasteiger partial charge in [-0.05, 0) is 23.8 Å². The molecule has 7 nitrogen and oxygen atoms in total. The van der Waals surface area contributed by atoms with Crippen LogP contribution in [-0.4, -0.2) is 57.6 Å². The standard InChI is InChI=1S/C15H17FO7/c16-9-3-1-2-8(4-9)5-11(15(20)21)22-13-6-10(18)14(19)12(7-17)23-13/h1-5,10,12-14,17-19H,6-7H2,(H,20,21)/b11-5-. The summed E-state index contributed by atoms with van der Waals surface area (Å²) in [4.78, 5) is 11.3. The van der Waals surface area contributed by atoms with Gasteiger partial charge in [-0.15, -0.1) is 0 Å². The minimum atomic E-state index is -1.40. The minimum Gasteiger partial charge on any atom is -0.475 e. The average Bonchev–Trinajstić information content (AvgIpc) is 2.50. The quantitative estimate of drug-likeness (QED) is 0.447. The molecule has 1 aliphatic rings. The maximum atomic E-state index is 13.1.